The predicted molar refractivity (Wildman–Crippen MR) is 76.6 cm³/mol. The van der Waals surface area contributed by atoms with Crippen LogP contribution in [0, 0.1) is 17.7 Å². The van der Waals surface area contributed by atoms with Gasteiger partial charge in [-0.1, -0.05) is 27.2 Å². The summed E-state index contributed by atoms with van der Waals surface area (Å²) in [5, 5.41) is 3.46. The van der Waals surface area contributed by atoms with E-state index in [2.05, 4.69) is 31.1 Å². The lowest BCUT2D eigenvalue weighted by atomic mass is 9.64. The van der Waals surface area contributed by atoms with Gasteiger partial charge in [0.2, 0.25) is 0 Å². The Morgan fingerprint density at radius 2 is 2.05 bits per heavy atom. The van der Waals surface area contributed by atoms with Crippen molar-refractivity contribution < 1.29 is 4.39 Å². The van der Waals surface area contributed by atoms with Gasteiger partial charge in [0.05, 0.1) is 6.20 Å². The molecule has 19 heavy (non-hydrogen) atoms. The number of hydrogen-bond acceptors (Lipinski definition) is 2. The molecule has 3 unspecified atom stereocenters. The van der Waals surface area contributed by atoms with Gasteiger partial charge in [0.1, 0.15) is 5.82 Å². The molecule has 3 heteroatoms. The molecule has 1 saturated carbocycles. The summed E-state index contributed by atoms with van der Waals surface area (Å²) < 4.78 is 13.4. The Morgan fingerprint density at radius 1 is 1.32 bits per heavy atom. The van der Waals surface area contributed by atoms with E-state index in [4.69, 9.17) is 0 Å². The van der Waals surface area contributed by atoms with Crippen LogP contribution in [0.3, 0.4) is 0 Å². The molecule has 2 nitrogen and oxygen atoms in total. The number of rotatable bonds is 3. The fourth-order valence-electron chi connectivity index (χ4n) is 3.54. The van der Waals surface area contributed by atoms with Crippen LogP contribution in [0.1, 0.15) is 45.6 Å². The Balaban J connectivity index is 2.27. The molecule has 0 aromatic carbocycles. The van der Waals surface area contributed by atoms with Crippen molar-refractivity contribution in [1.29, 1.82) is 0 Å². The van der Waals surface area contributed by atoms with Gasteiger partial charge in [-0.05, 0) is 48.8 Å². The number of nitrogens with zero attached hydrogens (tertiary/aromatic N) is 1. The third-order valence-electron chi connectivity index (χ3n) is 4.86. The first-order valence-corrected chi connectivity index (χ1v) is 7.23. The fraction of sp³-hybridized carbons (Fsp3) is 0.688. The molecule has 1 fully saturated rings. The van der Waals surface area contributed by atoms with Crippen molar-refractivity contribution in [1.82, 2.24) is 10.3 Å². The van der Waals surface area contributed by atoms with Crippen molar-refractivity contribution in [3.05, 3.63) is 29.8 Å². The monoisotopic (exact) mass is 264 g/mol. The molecule has 0 bridgehead atoms. The number of aromatic nitrogens is 1. The van der Waals surface area contributed by atoms with Crippen LogP contribution in [0.15, 0.2) is 18.5 Å². The quantitative estimate of drug-likeness (QED) is 0.903. The van der Waals surface area contributed by atoms with Crippen LogP contribution in [0.5, 0.6) is 0 Å². The van der Waals surface area contributed by atoms with Gasteiger partial charge >= 0.3 is 0 Å². The van der Waals surface area contributed by atoms with Gasteiger partial charge in [-0.2, -0.15) is 0 Å². The van der Waals surface area contributed by atoms with Crippen LogP contribution in [-0.2, 0) is 5.41 Å². The highest BCUT2D eigenvalue weighted by Crippen LogP contribution is 2.42. The number of nitrogens with one attached hydrogen (secondary N) is 1. The molecular weight excluding hydrogens is 239 g/mol. The Hall–Kier alpha value is -0.960. The van der Waals surface area contributed by atoms with E-state index in [1.807, 2.05) is 13.2 Å². The second-order valence-electron chi connectivity index (χ2n) is 6.53. The molecule has 2 rings (SSSR count). The van der Waals surface area contributed by atoms with Crippen molar-refractivity contribution in [2.75, 3.05) is 7.05 Å². The van der Waals surface area contributed by atoms with Gasteiger partial charge in [0.15, 0.2) is 0 Å². The minimum Gasteiger partial charge on any atom is -0.317 e. The largest absolute Gasteiger partial charge is 0.317 e. The first kappa shape index (κ1) is 14.4. The summed E-state index contributed by atoms with van der Waals surface area (Å²) in [6.45, 7) is 6.75. The first-order chi connectivity index (χ1) is 8.95. The summed E-state index contributed by atoms with van der Waals surface area (Å²) in [5.74, 6) is 1.06. The smallest absolute Gasteiger partial charge is 0.141 e. The number of halogens is 1. The molecule has 1 heterocycles. The van der Waals surface area contributed by atoms with Crippen LogP contribution in [0.2, 0.25) is 0 Å². The van der Waals surface area contributed by atoms with Crippen molar-refractivity contribution in [3.63, 3.8) is 0 Å². The lowest BCUT2D eigenvalue weighted by Crippen LogP contribution is -2.47. The highest BCUT2D eigenvalue weighted by molar-refractivity contribution is 5.23. The lowest BCUT2D eigenvalue weighted by molar-refractivity contribution is 0.151. The maximum atomic E-state index is 13.4. The van der Waals surface area contributed by atoms with E-state index in [1.165, 1.54) is 25.5 Å². The molecule has 1 aromatic heterocycles. The average molecular weight is 264 g/mol. The maximum Gasteiger partial charge on any atom is 0.141 e. The highest BCUT2D eigenvalue weighted by atomic mass is 19.1. The summed E-state index contributed by atoms with van der Waals surface area (Å²) in [4.78, 5) is 4.02. The molecule has 1 N–H and O–H groups in total. The summed E-state index contributed by atoms with van der Waals surface area (Å²) >= 11 is 0. The van der Waals surface area contributed by atoms with Crippen molar-refractivity contribution in [3.8, 4) is 0 Å². The Kier molecular flexibility index (Phi) is 4.24. The normalized spacial score (nSPS) is 28.4. The van der Waals surface area contributed by atoms with Crippen LogP contribution in [0.4, 0.5) is 4.39 Å². The van der Waals surface area contributed by atoms with Gasteiger partial charge < -0.3 is 5.32 Å². The van der Waals surface area contributed by atoms with Crippen molar-refractivity contribution in [2.45, 2.75) is 51.5 Å². The first-order valence-electron chi connectivity index (χ1n) is 7.23. The van der Waals surface area contributed by atoms with E-state index >= 15 is 0 Å². The van der Waals surface area contributed by atoms with E-state index in [-0.39, 0.29) is 11.2 Å². The van der Waals surface area contributed by atoms with Gasteiger partial charge in [-0.15, -0.1) is 0 Å². The minimum absolute atomic E-state index is 0.0527. The molecular formula is C16H25FN2. The van der Waals surface area contributed by atoms with E-state index in [0.717, 1.165) is 11.5 Å². The third-order valence-corrected chi connectivity index (χ3v) is 4.86. The standard InChI is InChI=1S/C16H25FN2/c1-11-5-6-14(15(7-11)18-4)16(2,3)12-8-13(17)10-19-9-12/h8-11,14-15,18H,5-7H2,1-4H3. The van der Waals surface area contributed by atoms with Gasteiger partial charge in [-0.25, -0.2) is 4.39 Å². The lowest BCUT2D eigenvalue weighted by Gasteiger charge is -2.44. The zero-order valence-electron chi connectivity index (χ0n) is 12.4. The van der Waals surface area contributed by atoms with Crippen LogP contribution >= 0.6 is 0 Å². The highest BCUT2D eigenvalue weighted by Gasteiger charge is 2.39. The second kappa shape index (κ2) is 5.58. The van der Waals surface area contributed by atoms with E-state index in [9.17, 15) is 4.39 Å². The summed E-state index contributed by atoms with van der Waals surface area (Å²) in [6, 6.07) is 2.14. The maximum absolute atomic E-state index is 13.4. The molecule has 0 aliphatic heterocycles. The summed E-state index contributed by atoms with van der Waals surface area (Å²) in [7, 11) is 2.04. The molecule has 0 radical (unpaired) electrons. The SMILES string of the molecule is CNC1CC(C)CCC1C(C)(C)c1cncc(F)c1. The topological polar surface area (TPSA) is 24.9 Å². The Morgan fingerprint density at radius 3 is 2.68 bits per heavy atom. The van der Waals surface area contributed by atoms with Crippen molar-refractivity contribution in [2.24, 2.45) is 11.8 Å². The third kappa shape index (κ3) is 2.97. The molecule has 1 aliphatic rings. The zero-order valence-corrected chi connectivity index (χ0v) is 12.4. The van der Waals surface area contributed by atoms with Crippen LogP contribution < -0.4 is 5.32 Å². The molecule has 1 aromatic rings. The fourth-order valence-corrected chi connectivity index (χ4v) is 3.54. The van der Waals surface area contributed by atoms with Gasteiger partial charge in [0, 0.05) is 12.2 Å². The molecule has 0 saturated heterocycles. The molecule has 0 amide bonds. The molecule has 0 spiro atoms. The van der Waals surface area contributed by atoms with E-state index in [1.54, 1.807) is 6.07 Å². The van der Waals surface area contributed by atoms with Crippen molar-refractivity contribution >= 4 is 0 Å². The predicted octanol–water partition coefficient (Wildman–Crippen LogP) is 3.52. The minimum atomic E-state index is -0.240. The average Bonchev–Trinajstić information content (AvgIpc) is 2.38. The molecule has 1 aliphatic carbocycles. The van der Waals surface area contributed by atoms with E-state index in [0.29, 0.717) is 12.0 Å². The molecule has 106 valence electrons. The van der Waals surface area contributed by atoms with E-state index < -0.39 is 0 Å². The second-order valence-corrected chi connectivity index (χ2v) is 6.53. The molecule has 3 atom stereocenters. The Bertz CT molecular complexity index is 431. The van der Waals surface area contributed by atoms with Crippen LogP contribution in [0.25, 0.3) is 0 Å². The van der Waals surface area contributed by atoms with Gasteiger partial charge in [0.25, 0.3) is 0 Å². The number of pyridine rings is 1. The number of hydrogen-bond donors (Lipinski definition) is 1. The van der Waals surface area contributed by atoms with Gasteiger partial charge in [-0.3, -0.25) is 4.98 Å². The zero-order chi connectivity index (χ0) is 14.0. The summed E-state index contributed by atoms with van der Waals surface area (Å²) in [6.07, 6.45) is 6.74. The van der Waals surface area contributed by atoms with Crippen LogP contribution in [-0.4, -0.2) is 18.1 Å². The summed E-state index contributed by atoms with van der Waals surface area (Å²) in [5.41, 5.74) is 0.954. The Labute approximate surface area is 115 Å².